The number of ether oxygens (including phenoxy) is 2. The number of rotatable bonds is 6. The Kier molecular flexibility index (Phi) is 6.03. The van der Waals surface area contributed by atoms with Crippen molar-refractivity contribution in [1.82, 2.24) is 9.88 Å². The van der Waals surface area contributed by atoms with Crippen molar-refractivity contribution in [3.63, 3.8) is 0 Å². The number of methoxy groups -OCH3 is 1. The first-order chi connectivity index (χ1) is 8.27. The highest BCUT2D eigenvalue weighted by Crippen LogP contribution is 2.03. The van der Waals surface area contributed by atoms with Crippen LogP contribution < -0.4 is 0 Å². The van der Waals surface area contributed by atoms with E-state index in [1.165, 1.54) is 0 Å². The van der Waals surface area contributed by atoms with Gasteiger partial charge in [-0.3, -0.25) is 4.98 Å². The number of hydrogen-bond donors (Lipinski definition) is 0. The minimum atomic E-state index is -0.338. The SMILES string of the molecule is CCOC(=O)N(CCOC)Cc1ccccn1. The van der Waals surface area contributed by atoms with Crippen molar-refractivity contribution in [3.05, 3.63) is 30.1 Å². The van der Waals surface area contributed by atoms with Crippen LogP contribution in [-0.4, -0.2) is 42.8 Å². The predicted octanol–water partition coefficient (Wildman–Crippen LogP) is 1.69. The van der Waals surface area contributed by atoms with Crippen molar-refractivity contribution in [3.8, 4) is 0 Å². The van der Waals surface area contributed by atoms with Crippen LogP contribution >= 0.6 is 0 Å². The highest BCUT2D eigenvalue weighted by atomic mass is 16.6. The molecule has 5 nitrogen and oxygen atoms in total. The third kappa shape index (κ3) is 4.82. The van der Waals surface area contributed by atoms with Crippen molar-refractivity contribution in [2.75, 3.05) is 26.9 Å². The van der Waals surface area contributed by atoms with Crippen LogP contribution in [0.5, 0.6) is 0 Å². The van der Waals surface area contributed by atoms with E-state index in [1.54, 1.807) is 25.1 Å². The van der Waals surface area contributed by atoms with Crippen LogP contribution in [0.3, 0.4) is 0 Å². The Bertz CT molecular complexity index is 330. The van der Waals surface area contributed by atoms with Gasteiger partial charge in [0.2, 0.25) is 0 Å². The average molecular weight is 238 g/mol. The zero-order chi connectivity index (χ0) is 12.5. The van der Waals surface area contributed by atoms with Gasteiger partial charge in [-0.05, 0) is 19.1 Å². The molecule has 0 spiro atoms. The quantitative estimate of drug-likeness (QED) is 0.756. The molecule has 1 heterocycles. The molecule has 0 unspecified atom stereocenters. The van der Waals surface area contributed by atoms with E-state index in [-0.39, 0.29) is 6.09 Å². The average Bonchev–Trinajstić information content (AvgIpc) is 2.36. The van der Waals surface area contributed by atoms with Crippen LogP contribution in [-0.2, 0) is 16.0 Å². The van der Waals surface area contributed by atoms with Gasteiger partial charge in [-0.2, -0.15) is 0 Å². The van der Waals surface area contributed by atoms with Crippen LogP contribution in [0.4, 0.5) is 4.79 Å². The number of aromatic nitrogens is 1. The first-order valence-corrected chi connectivity index (χ1v) is 5.58. The molecule has 1 aromatic rings. The number of carbonyl (C=O) groups is 1. The largest absolute Gasteiger partial charge is 0.450 e. The Balaban J connectivity index is 2.59. The summed E-state index contributed by atoms with van der Waals surface area (Å²) in [5, 5.41) is 0. The summed E-state index contributed by atoms with van der Waals surface area (Å²) >= 11 is 0. The molecule has 0 aliphatic heterocycles. The van der Waals surface area contributed by atoms with Gasteiger partial charge in [0, 0.05) is 19.9 Å². The maximum Gasteiger partial charge on any atom is 0.410 e. The van der Waals surface area contributed by atoms with E-state index in [4.69, 9.17) is 9.47 Å². The predicted molar refractivity (Wildman–Crippen MR) is 63.5 cm³/mol. The summed E-state index contributed by atoms with van der Waals surface area (Å²) in [5.74, 6) is 0. The zero-order valence-electron chi connectivity index (χ0n) is 10.3. The van der Waals surface area contributed by atoms with Crippen molar-refractivity contribution in [2.24, 2.45) is 0 Å². The van der Waals surface area contributed by atoms with Crippen molar-refractivity contribution in [2.45, 2.75) is 13.5 Å². The summed E-state index contributed by atoms with van der Waals surface area (Å²) in [4.78, 5) is 17.4. The second-order valence-electron chi connectivity index (χ2n) is 3.43. The van der Waals surface area contributed by atoms with Crippen molar-refractivity contribution < 1.29 is 14.3 Å². The highest BCUT2D eigenvalue weighted by molar-refractivity contribution is 5.67. The lowest BCUT2D eigenvalue weighted by molar-refractivity contribution is 0.0877. The van der Waals surface area contributed by atoms with Crippen LogP contribution in [0.25, 0.3) is 0 Å². The highest BCUT2D eigenvalue weighted by Gasteiger charge is 2.14. The number of hydrogen-bond acceptors (Lipinski definition) is 4. The number of amides is 1. The first-order valence-electron chi connectivity index (χ1n) is 5.58. The van der Waals surface area contributed by atoms with E-state index < -0.39 is 0 Å². The minimum absolute atomic E-state index is 0.338. The van der Waals surface area contributed by atoms with Gasteiger partial charge < -0.3 is 14.4 Å². The van der Waals surface area contributed by atoms with Gasteiger partial charge in [0.1, 0.15) is 0 Å². The summed E-state index contributed by atoms with van der Waals surface area (Å²) in [6.45, 7) is 3.55. The lowest BCUT2D eigenvalue weighted by Gasteiger charge is -2.20. The van der Waals surface area contributed by atoms with E-state index >= 15 is 0 Å². The Hall–Kier alpha value is -1.62. The Morgan fingerprint density at radius 3 is 2.88 bits per heavy atom. The van der Waals surface area contributed by atoms with Gasteiger partial charge in [-0.1, -0.05) is 6.07 Å². The van der Waals surface area contributed by atoms with E-state index in [9.17, 15) is 4.79 Å². The summed E-state index contributed by atoms with van der Waals surface area (Å²) in [7, 11) is 1.60. The molecule has 0 saturated heterocycles. The van der Waals surface area contributed by atoms with Gasteiger partial charge in [-0.25, -0.2) is 4.79 Å². The molecule has 1 amide bonds. The monoisotopic (exact) mass is 238 g/mol. The maximum atomic E-state index is 11.7. The summed E-state index contributed by atoms with van der Waals surface area (Å²) in [5.41, 5.74) is 0.830. The molecule has 0 N–H and O–H groups in total. The number of carbonyl (C=O) groups excluding carboxylic acids is 1. The number of nitrogens with zero attached hydrogens (tertiary/aromatic N) is 2. The summed E-state index contributed by atoms with van der Waals surface area (Å²) in [6, 6.07) is 5.61. The van der Waals surface area contributed by atoms with E-state index in [0.29, 0.717) is 26.3 Å². The second-order valence-corrected chi connectivity index (χ2v) is 3.43. The Morgan fingerprint density at radius 2 is 2.29 bits per heavy atom. The smallest absolute Gasteiger partial charge is 0.410 e. The summed E-state index contributed by atoms with van der Waals surface area (Å²) in [6.07, 6.45) is 1.37. The van der Waals surface area contributed by atoms with Crippen LogP contribution in [0.15, 0.2) is 24.4 Å². The lowest BCUT2D eigenvalue weighted by atomic mass is 10.3. The molecule has 0 fully saturated rings. The molecule has 1 rings (SSSR count). The van der Waals surface area contributed by atoms with Gasteiger partial charge in [0.25, 0.3) is 0 Å². The van der Waals surface area contributed by atoms with Crippen LogP contribution in [0.2, 0.25) is 0 Å². The number of pyridine rings is 1. The van der Waals surface area contributed by atoms with Gasteiger partial charge in [-0.15, -0.1) is 0 Å². The fourth-order valence-electron chi connectivity index (χ4n) is 1.34. The van der Waals surface area contributed by atoms with Crippen LogP contribution in [0, 0.1) is 0 Å². The molecule has 0 aromatic carbocycles. The van der Waals surface area contributed by atoms with E-state index in [1.807, 2.05) is 18.2 Å². The molecule has 5 heteroatoms. The third-order valence-corrected chi connectivity index (χ3v) is 2.17. The molecule has 0 aliphatic carbocycles. The molecule has 0 atom stereocenters. The van der Waals surface area contributed by atoms with Crippen LogP contribution in [0.1, 0.15) is 12.6 Å². The molecule has 0 radical (unpaired) electrons. The van der Waals surface area contributed by atoms with Gasteiger partial charge in [0.05, 0.1) is 25.5 Å². The third-order valence-electron chi connectivity index (χ3n) is 2.17. The minimum Gasteiger partial charge on any atom is -0.450 e. The second kappa shape index (κ2) is 7.62. The molecular formula is C12H18N2O3. The normalized spacial score (nSPS) is 10.0. The van der Waals surface area contributed by atoms with Gasteiger partial charge >= 0.3 is 6.09 Å². The Labute approximate surface area is 101 Å². The first kappa shape index (κ1) is 13.4. The van der Waals surface area contributed by atoms with Crippen molar-refractivity contribution in [1.29, 1.82) is 0 Å². The molecule has 0 bridgehead atoms. The standard InChI is InChI=1S/C12H18N2O3/c1-3-17-12(15)14(8-9-16-2)10-11-6-4-5-7-13-11/h4-7H,3,8-10H2,1-2H3. The fourth-order valence-corrected chi connectivity index (χ4v) is 1.34. The van der Waals surface area contributed by atoms with E-state index in [2.05, 4.69) is 4.98 Å². The van der Waals surface area contributed by atoms with Gasteiger partial charge in [0.15, 0.2) is 0 Å². The molecule has 0 aliphatic rings. The Morgan fingerprint density at radius 1 is 1.47 bits per heavy atom. The van der Waals surface area contributed by atoms with E-state index in [0.717, 1.165) is 5.69 Å². The molecule has 1 aromatic heterocycles. The molecular weight excluding hydrogens is 220 g/mol. The fraction of sp³-hybridized carbons (Fsp3) is 0.500. The molecule has 17 heavy (non-hydrogen) atoms. The maximum absolute atomic E-state index is 11.7. The molecule has 0 saturated carbocycles. The zero-order valence-corrected chi connectivity index (χ0v) is 10.3. The molecule has 94 valence electrons. The topological polar surface area (TPSA) is 51.7 Å². The summed E-state index contributed by atoms with van der Waals surface area (Å²) < 4.78 is 9.95. The lowest BCUT2D eigenvalue weighted by Crippen LogP contribution is -2.34. The van der Waals surface area contributed by atoms with Crippen molar-refractivity contribution >= 4 is 6.09 Å².